The lowest BCUT2D eigenvalue weighted by atomic mass is 9.98. The van der Waals surface area contributed by atoms with Gasteiger partial charge >= 0.3 is 0 Å². The van der Waals surface area contributed by atoms with Crippen LogP contribution in [-0.4, -0.2) is 45.2 Å². The Morgan fingerprint density at radius 1 is 1.57 bits per heavy atom. The Hall–Kier alpha value is -2.15. The molecule has 1 N–H and O–H groups in total. The topological polar surface area (TPSA) is 76.2 Å². The van der Waals surface area contributed by atoms with E-state index in [9.17, 15) is 4.79 Å². The molecule has 1 saturated heterocycles. The van der Waals surface area contributed by atoms with Crippen LogP contribution in [0.1, 0.15) is 31.6 Å². The lowest BCUT2D eigenvalue weighted by Gasteiger charge is -2.32. The fourth-order valence-electron chi connectivity index (χ4n) is 3.13. The Morgan fingerprint density at radius 2 is 2.48 bits per heavy atom. The van der Waals surface area contributed by atoms with Crippen molar-refractivity contribution >= 4 is 5.91 Å². The first kappa shape index (κ1) is 15.7. The normalized spacial score (nSPS) is 20.3. The Labute approximate surface area is 135 Å². The molecule has 3 heterocycles. The number of rotatable bonds is 6. The first-order valence-electron chi connectivity index (χ1n) is 8.08. The predicted molar refractivity (Wildman–Crippen MR) is 84.5 cm³/mol. The Morgan fingerprint density at radius 3 is 3.22 bits per heavy atom. The minimum atomic E-state index is -0.103. The van der Waals surface area contributed by atoms with Crippen LogP contribution in [0.2, 0.25) is 0 Å². The van der Waals surface area contributed by atoms with E-state index in [4.69, 9.17) is 4.42 Å². The van der Waals surface area contributed by atoms with Gasteiger partial charge < -0.3 is 9.73 Å². The van der Waals surface area contributed by atoms with Crippen molar-refractivity contribution in [1.82, 2.24) is 25.0 Å². The third-order valence-corrected chi connectivity index (χ3v) is 4.23. The number of aromatic nitrogens is 3. The fourth-order valence-corrected chi connectivity index (χ4v) is 3.13. The second-order valence-corrected chi connectivity index (χ2v) is 6.17. The second kappa shape index (κ2) is 7.41. The molecule has 0 bridgehead atoms. The van der Waals surface area contributed by atoms with Gasteiger partial charge in [0.05, 0.1) is 18.8 Å². The van der Waals surface area contributed by atoms with Crippen LogP contribution in [-0.2, 0) is 11.3 Å². The van der Waals surface area contributed by atoms with E-state index in [0.717, 1.165) is 31.8 Å². The molecule has 3 rings (SSSR count). The summed E-state index contributed by atoms with van der Waals surface area (Å²) in [4.78, 5) is 18.4. The van der Waals surface area contributed by atoms with E-state index in [1.807, 2.05) is 23.7 Å². The van der Waals surface area contributed by atoms with Crippen molar-refractivity contribution in [3.05, 3.63) is 36.8 Å². The number of nitrogens with zero attached hydrogens (tertiary/aromatic N) is 4. The van der Waals surface area contributed by atoms with Crippen molar-refractivity contribution < 1.29 is 9.21 Å². The number of nitrogens with one attached hydrogen (secondary N) is 1. The zero-order valence-corrected chi connectivity index (χ0v) is 13.4. The van der Waals surface area contributed by atoms with Crippen LogP contribution in [0.25, 0.3) is 0 Å². The molecule has 1 aliphatic heterocycles. The van der Waals surface area contributed by atoms with Crippen LogP contribution in [0.15, 0.2) is 35.5 Å². The molecule has 0 radical (unpaired) electrons. The van der Waals surface area contributed by atoms with Crippen molar-refractivity contribution in [2.24, 2.45) is 5.92 Å². The van der Waals surface area contributed by atoms with Crippen LogP contribution >= 0.6 is 0 Å². The third-order valence-electron chi connectivity index (χ3n) is 4.23. The average Bonchev–Trinajstić information content (AvgIpc) is 3.20. The molecule has 1 aliphatic rings. The average molecular weight is 317 g/mol. The first-order valence-corrected chi connectivity index (χ1v) is 8.08. The summed E-state index contributed by atoms with van der Waals surface area (Å²) in [5.41, 5.74) is 0. The molecule has 2 aromatic rings. The lowest BCUT2D eigenvalue weighted by Crippen LogP contribution is -2.43. The Bertz CT molecular complexity index is 596. The fraction of sp³-hybridized carbons (Fsp3) is 0.562. The maximum Gasteiger partial charge on any atom is 0.234 e. The zero-order chi connectivity index (χ0) is 16.1. The molecule has 0 saturated carbocycles. The Balaban J connectivity index is 1.46. The van der Waals surface area contributed by atoms with Crippen LogP contribution in [0.3, 0.4) is 0 Å². The summed E-state index contributed by atoms with van der Waals surface area (Å²) in [5.74, 6) is 1.33. The molecule has 2 atom stereocenters. The molecule has 7 heteroatoms. The van der Waals surface area contributed by atoms with Crippen LogP contribution < -0.4 is 5.32 Å². The van der Waals surface area contributed by atoms with E-state index >= 15 is 0 Å². The van der Waals surface area contributed by atoms with Gasteiger partial charge in [-0.25, -0.2) is 4.98 Å². The minimum absolute atomic E-state index is 0.0373. The number of amides is 1. The minimum Gasteiger partial charge on any atom is -0.467 e. The van der Waals surface area contributed by atoms with Crippen molar-refractivity contribution in [2.45, 2.75) is 32.4 Å². The van der Waals surface area contributed by atoms with E-state index in [1.165, 1.54) is 6.42 Å². The Kier molecular flexibility index (Phi) is 5.07. The number of carbonyl (C=O) groups is 1. The highest BCUT2D eigenvalue weighted by atomic mass is 16.3. The molecule has 1 fully saturated rings. The van der Waals surface area contributed by atoms with E-state index in [-0.39, 0.29) is 11.9 Å². The number of likely N-dealkylation sites (tertiary alicyclic amines) is 1. The molecule has 2 unspecified atom stereocenters. The van der Waals surface area contributed by atoms with Crippen molar-refractivity contribution in [3.8, 4) is 0 Å². The highest BCUT2D eigenvalue weighted by molar-refractivity contribution is 5.78. The van der Waals surface area contributed by atoms with Crippen molar-refractivity contribution in [1.29, 1.82) is 0 Å². The van der Waals surface area contributed by atoms with Gasteiger partial charge in [0.15, 0.2) is 0 Å². The first-order chi connectivity index (χ1) is 11.2. The summed E-state index contributed by atoms with van der Waals surface area (Å²) in [6, 6.07) is 3.60. The van der Waals surface area contributed by atoms with E-state index < -0.39 is 0 Å². The number of hydrogen-bond acceptors (Lipinski definition) is 5. The maximum absolute atomic E-state index is 12.2. The largest absolute Gasteiger partial charge is 0.467 e. The summed E-state index contributed by atoms with van der Waals surface area (Å²) in [6.07, 6.45) is 7.21. The van der Waals surface area contributed by atoms with Gasteiger partial charge in [-0.05, 0) is 44.4 Å². The molecular weight excluding hydrogens is 294 g/mol. The standard InChI is InChI=1S/C16H23N5O2/c1-13(15-5-3-7-23-15)19-16(22)10-20-6-2-4-14(8-20)9-21-12-17-11-18-21/h3,5,7,11-14H,2,4,6,8-10H2,1H3,(H,19,22). The van der Waals surface area contributed by atoms with E-state index in [0.29, 0.717) is 12.5 Å². The van der Waals surface area contributed by atoms with Gasteiger partial charge in [0, 0.05) is 13.1 Å². The molecule has 1 amide bonds. The molecule has 124 valence electrons. The number of piperidine rings is 1. The number of carbonyl (C=O) groups excluding carboxylic acids is 1. The summed E-state index contributed by atoms with van der Waals surface area (Å²) >= 11 is 0. The summed E-state index contributed by atoms with van der Waals surface area (Å²) in [5, 5.41) is 7.15. The molecule has 0 spiro atoms. The highest BCUT2D eigenvalue weighted by Crippen LogP contribution is 2.18. The van der Waals surface area contributed by atoms with Gasteiger partial charge in [-0.1, -0.05) is 0 Å². The monoisotopic (exact) mass is 317 g/mol. The van der Waals surface area contributed by atoms with Gasteiger partial charge in [0.1, 0.15) is 18.4 Å². The van der Waals surface area contributed by atoms with Gasteiger partial charge in [-0.3, -0.25) is 14.4 Å². The van der Waals surface area contributed by atoms with Gasteiger partial charge in [0.25, 0.3) is 0 Å². The van der Waals surface area contributed by atoms with Crippen LogP contribution in [0.4, 0.5) is 0 Å². The molecule has 0 aromatic carbocycles. The molecule has 0 aliphatic carbocycles. The maximum atomic E-state index is 12.2. The zero-order valence-electron chi connectivity index (χ0n) is 13.4. The summed E-state index contributed by atoms with van der Waals surface area (Å²) in [6.45, 7) is 5.11. The molecule has 23 heavy (non-hydrogen) atoms. The predicted octanol–water partition coefficient (Wildman–Crippen LogP) is 1.46. The van der Waals surface area contributed by atoms with Gasteiger partial charge in [0.2, 0.25) is 5.91 Å². The number of furan rings is 1. The van der Waals surface area contributed by atoms with Crippen LogP contribution in [0.5, 0.6) is 0 Å². The van der Waals surface area contributed by atoms with E-state index in [2.05, 4.69) is 20.3 Å². The van der Waals surface area contributed by atoms with Crippen molar-refractivity contribution in [3.63, 3.8) is 0 Å². The van der Waals surface area contributed by atoms with Gasteiger partial charge in [-0.15, -0.1) is 0 Å². The summed E-state index contributed by atoms with van der Waals surface area (Å²) in [7, 11) is 0. The lowest BCUT2D eigenvalue weighted by molar-refractivity contribution is -0.123. The van der Waals surface area contributed by atoms with Gasteiger partial charge in [-0.2, -0.15) is 5.10 Å². The quantitative estimate of drug-likeness (QED) is 0.873. The van der Waals surface area contributed by atoms with E-state index in [1.54, 1.807) is 18.9 Å². The molecular formula is C16H23N5O2. The van der Waals surface area contributed by atoms with Crippen LogP contribution in [0, 0.1) is 5.92 Å². The second-order valence-electron chi connectivity index (χ2n) is 6.17. The molecule has 7 nitrogen and oxygen atoms in total. The smallest absolute Gasteiger partial charge is 0.234 e. The third kappa shape index (κ3) is 4.41. The van der Waals surface area contributed by atoms with Crippen molar-refractivity contribution in [2.75, 3.05) is 19.6 Å². The molecule has 2 aromatic heterocycles. The summed E-state index contributed by atoms with van der Waals surface area (Å²) < 4.78 is 7.19. The SMILES string of the molecule is CC(NC(=O)CN1CCCC(Cn2cncn2)C1)c1ccco1. The number of hydrogen-bond donors (Lipinski definition) is 1. The highest BCUT2D eigenvalue weighted by Gasteiger charge is 2.23.